The average molecular weight is 184 g/mol. The van der Waals surface area contributed by atoms with E-state index in [0.29, 0.717) is 5.84 Å². The van der Waals surface area contributed by atoms with Gasteiger partial charge in [-0.05, 0) is 27.7 Å². The minimum Gasteiger partial charge on any atom is -0.444 e. The first-order chi connectivity index (χ1) is 5.85. The van der Waals surface area contributed by atoms with Crippen LogP contribution in [0.5, 0.6) is 0 Å². The number of amides is 1. The predicted octanol–water partition coefficient (Wildman–Crippen LogP) is 2.07. The van der Waals surface area contributed by atoms with E-state index in [1.807, 2.05) is 0 Å². The highest BCUT2D eigenvalue weighted by atomic mass is 16.6. The molecule has 0 unspecified atom stereocenters. The molecule has 0 aliphatic heterocycles. The maximum atomic E-state index is 11.1. The van der Waals surface area contributed by atoms with Gasteiger partial charge in [0.15, 0.2) is 0 Å². The van der Waals surface area contributed by atoms with Crippen molar-refractivity contribution in [2.24, 2.45) is 4.99 Å². The molecule has 0 fully saturated rings. The number of rotatable bonds is 1. The molecule has 0 aliphatic carbocycles. The highest BCUT2D eigenvalue weighted by molar-refractivity contribution is 5.94. The number of hydrogen-bond acceptors (Lipinski definition) is 3. The molecule has 0 spiro atoms. The summed E-state index contributed by atoms with van der Waals surface area (Å²) in [6.45, 7) is 10.5. The van der Waals surface area contributed by atoms with E-state index in [9.17, 15) is 4.79 Å². The molecular weight excluding hydrogens is 168 g/mol. The molecule has 0 aromatic carbocycles. The van der Waals surface area contributed by atoms with Gasteiger partial charge in [0.05, 0.1) is 0 Å². The van der Waals surface area contributed by atoms with Gasteiger partial charge in [-0.15, -0.1) is 0 Å². The number of carbonyl (C=O) groups is 1. The molecule has 0 saturated heterocycles. The van der Waals surface area contributed by atoms with E-state index in [2.05, 4.69) is 16.9 Å². The molecule has 0 saturated carbocycles. The number of carbonyl (C=O) groups excluding carboxylic acids is 1. The summed E-state index contributed by atoms with van der Waals surface area (Å²) in [5.74, 6) is 0.462. The molecule has 0 aliphatic rings. The Kier molecular flexibility index (Phi) is 4.17. The zero-order valence-corrected chi connectivity index (χ0v) is 8.55. The van der Waals surface area contributed by atoms with Crippen LogP contribution in [0.25, 0.3) is 0 Å². The topological polar surface area (TPSA) is 50.7 Å². The lowest BCUT2D eigenvalue weighted by molar-refractivity contribution is 0.0563. The monoisotopic (exact) mass is 184 g/mol. The Hall–Kier alpha value is -1.32. The van der Waals surface area contributed by atoms with Gasteiger partial charge in [0.2, 0.25) is 0 Å². The normalized spacial score (nSPS) is 12.2. The summed E-state index contributed by atoms with van der Waals surface area (Å²) in [5, 5.41) is 2.45. The van der Waals surface area contributed by atoms with Crippen molar-refractivity contribution in [3.05, 3.63) is 12.8 Å². The van der Waals surface area contributed by atoms with E-state index in [1.54, 1.807) is 27.7 Å². The van der Waals surface area contributed by atoms with E-state index in [0.717, 1.165) is 0 Å². The van der Waals surface area contributed by atoms with Crippen molar-refractivity contribution >= 4 is 11.9 Å². The van der Waals surface area contributed by atoms with Crippen LogP contribution in [0.15, 0.2) is 17.8 Å². The minimum atomic E-state index is -0.504. The zero-order chi connectivity index (χ0) is 10.5. The van der Waals surface area contributed by atoms with Crippen LogP contribution in [0.3, 0.4) is 0 Å². The van der Waals surface area contributed by atoms with Gasteiger partial charge in [-0.2, -0.15) is 0 Å². The third kappa shape index (κ3) is 7.05. The van der Waals surface area contributed by atoms with Crippen LogP contribution in [0.2, 0.25) is 0 Å². The second-order valence-electron chi connectivity index (χ2n) is 3.52. The second kappa shape index (κ2) is 4.64. The van der Waals surface area contributed by atoms with Crippen LogP contribution >= 0.6 is 0 Å². The molecular formula is C9H16N2O2. The first-order valence-corrected chi connectivity index (χ1v) is 4.00. The SMILES string of the molecule is C=CN=C(C)NC(=O)OC(C)(C)C. The summed E-state index contributed by atoms with van der Waals surface area (Å²) in [7, 11) is 0. The lowest BCUT2D eigenvalue weighted by Gasteiger charge is -2.19. The van der Waals surface area contributed by atoms with E-state index in [4.69, 9.17) is 4.74 Å². The van der Waals surface area contributed by atoms with Crippen molar-refractivity contribution < 1.29 is 9.53 Å². The summed E-state index contributed by atoms with van der Waals surface area (Å²) in [6.07, 6.45) is 0.850. The smallest absolute Gasteiger partial charge is 0.413 e. The fourth-order valence-corrected chi connectivity index (χ4v) is 0.621. The van der Waals surface area contributed by atoms with Crippen molar-refractivity contribution in [1.82, 2.24) is 5.32 Å². The summed E-state index contributed by atoms with van der Waals surface area (Å²) >= 11 is 0. The van der Waals surface area contributed by atoms with Crippen LogP contribution in [-0.4, -0.2) is 17.5 Å². The standard InChI is InChI=1S/C9H16N2O2/c1-6-10-7(2)11-8(12)13-9(3,4)5/h6H,1H2,2-5H3,(H,10,11,12). The Labute approximate surface area is 78.7 Å². The van der Waals surface area contributed by atoms with Crippen molar-refractivity contribution in [1.29, 1.82) is 0 Å². The van der Waals surface area contributed by atoms with Gasteiger partial charge in [-0.25, -0.2) is 9.79 Å². The lowest BCUT2D eigenvalue weighted by atomic mass is 10.2. The summed E-state index contributed by atoms with van der Waals surface area (Å²) < 4.78 is 4.99. The first kappa shape index (κ1) is 11.7. The van der Waals surface area contributed by atoms with E-state index >= 15 is 0 Å². The highest BCUT2D eigenvalue weighted by Gasteiger charge is 2.15. The van der Waals surface area contributed by atoms with Crippen molar-refractivity contribution in [3.63, 3.8) is 0 Å². The number of amidine groups is 1. The van der Waals surface area contributed by atoms with Crippen LogP contribution in [0, 0.1) is 0 Å². The van der Waals surface area contributed by atoms with Crippen LogP contribution in [-0.2, 0) is 4.74 Å². The molecule has 0 aromatic rings. The Morgan fingerprint density at radius 1 is 1.54 bits per heavy atom. The Bertz CT molecular complexity index is 226. The third-order valence-corrected chi connectivity index (χ3v) is 0.967. The molecule has 0 atom stereocenters. The number of alkyl carbamates (subject to hydrolysis) is 1. The molecule has 0 aromatic heterocycles. The average Bonchev–Trinajstić information content (AvgIpc) is 1.81. The van der Waals surface area contributed by atoms with Gasteiger partial charge in [0.1, 0.15) is 11.4 Å². The molecule has 0 heterocycles. The molecule has 4 heteroatoms. The van der Waals surface area contributed by atoms with Gasteiger partial charge >= 0.3 is 6.09 Å². The van der Waals surface area contributed by atoms with Gasteiger partial charge in [0, 0.05) is 6.20 Å². The van der Waals surface area contributed by atoms with Gasteiger partial charge in [-0.1, -0.05) is 6.58 Å². The lowest BCUT2D eigenvalue weighted by Crippen LogP contribution is -2.35. The second-order valence-corrected chi connectivity index (χ2v) is 3.52. The number of nitrogens with one attached hydrogen (secondary N) is 1. The molecule has 13 heavy (non-hydrogen) atoms. The Morgan fingerprint density at radius 2 is 2.08 bits per heavy atom. The van der Waals surface area contributed by atoms with Gasteiger partial charge < -0.3 is 4.74 Å². The highest BCUT2D eigenvalue weighted by Crippen LogP contribution is 2.06. The molecule has 74 valence electrons. The number of hydrogen-bond donors (Lipinski definition) is 1. The maximum absolute atomic E-state index is 11.1. The maximum Gasteiger partial charge on any atom is 0.413 e. The molecule has 0 radical (unpaired) electrons. The van der Waals surface area contributed by atoms with Crippen molar-refractivity contribution in [3.8, 4) is 0 Å². The minimum absolute atomic E-state index is 0.462. The molecule has 0 bridgehead atoms. The Balaban J connectivity index is 4.03. The number of aliphatic imine (C=N–C) groups is 1. The molecule has 4 nitrogen and oxygen atoms in total. The number of ether oxygens (including phenoxy) is 1. The summed E-state index contributed by atoms with van der Waals surface area (Å²) in [6, 6.07) is 0. The molecule has 0 rings (SSSR count). The molecule has 1 N–H and O–H groups in total. The zero-order valence-electron chi connectivity index (χ0n) is 8.55. The summed E-state index contributed by atoms with van der Waals surface area (Å²) in [4.78, 5) is 14.9. The van der Waals surface area contributed by atoms with Crippen molar-refractivity contribution in [2.45, 2.75) is 33.3 Å². The summed E-state index contributed by atoms with van der Waals surface area (Å²) in [5.41, 5.74) is -0.488. The molecule has 1 amide bonds. The van der Waals surface area contributed by atoms with Crippen LogP contribution in [0.1, 0.15) is 27.7 Å². The van der Waals surface area contributed by atoms with Gasteiger partial charge in [-0.3, -0.25) is 5.32 Å². The van der Waals surface area contributed by atoms with E-state index in [-0.39, 0.29) is 0 Å². The third-order valence-electron chi connectivity index (χ3n) is 0.967. The first-order valence-electron chi connectivity index (χ1n) is 4.00. The van der Waals surface area contributed by atoms with Gasteiger partial charge in [0.25, 0.3) is 0 Å². The number of nitrogens with zero attached hydrogens (tertiary/aromatic N) is 1. The van der Waals surface area contributed by atoms with Crippen LogP contribution in [0.4, 0.5) is 4.79 Å². The quantitative estimate of drug-likeness (QED) is 0.501. The van der Waals surface area contributed by atoms with Crippen molar-refractivity contribution in [2.75, 3.05) is 0 Å². The Morgan fingerprint density at radius 3 is 2.46 bits per heavy atom. The fourth-order valence-electron chi connectivity index (χ4n) is 0.621. The van der Waals surface area contributed by atoms with E-state index in [1.165, 1.54) is 6.20 Å². The fraction of sp³-hybridized carbons (Fsp3) is 0.556. The largest absolute Gasteiger partial charge is 0.444 e. The van der Waals surface area contributed by atoms with E-state index < -0.39 is 11.7 Å². The predicted molar refractivity (Wildman–Crippen MR) is 52.7 cm³/mol. The van der Waals surface area contributed by atoms with Crippen LogP contribution < -0.4 is 5.32 Å².